The molecular weight excluding hydrogens is 200 g/mol. The van der Waals surface area contributed by atoms with Gasteiger partial charge in [0.05, 0.1) is 6.61 Å². The molecule has 1 aliphatic rings. The molecule has 94 valence electrons. The van der Waals surface area contributed by atoms with E-state index in [0.29, 0.717) is 18.8 Å². The molecule has 0 heterocycles. The molecule has 0 radical (unpaired) electrons. The third-order valence-electron chi connectivity index (χ3n) is 2.88. The minimum absolute atomic E-state index is 0.0822. The molecule has 1 rings (SSSR count). The normalized spacial score (nSPS) is 15.2. The van der Waals surface area contributed by atoms with Crippen molar-refractivity contribution in [2.24, 2.45) is 5.92 Å². The molecule has 0 saturated heterocycles. The van der Waals surface area contributed by atoms with Gasteiger partial charge in [-0.1, -0.05) is 46.1 Å². The number of ketones is 1. The zero-order chi connectivity index (χ0) is 12.4. The van der Waals surface area contributed by atoms with E-state index in [1.807, 2.05) is 20.8 Å². The Morgan fingerprint density at radius 1 is 1.31 bits per heavy atom. The highest BCUT2D eigenvalue weighted by Gasteiger charge is 2.17. The van der Waals surface area contributed by atoms with Crippen LogP contribution in [0.25, 0.3) is 0 Å². The van der Waals surface area contributed by atoms with E-state index in [1.165, 1.54) is 25.7 Å². The molecular formula is C14H26O2. The Balaban J connectivity index is 0.00000106. The molecule has 0 amide bonds. The van der Waals surface area contributed by atoms with Crippen LogP contribution in [0.2, 0.25) is 0 Å². The second-order valence-electron chi connectivity index (χ2n) is 3.97. The molecule has 0 N–H and O–H groups in total. The molecule has 2 nitrogen and oxygen atoms in total. The highest BCUT2D eigenvalue weighted by atomic mass is 16.5. The van der Waals surface area contributed by atoms with Gasteiger partial charge >= 0.3 is 0 Å². The minimum Gasteiger partial charge on any atom is -0.491 e. The fraction of sp³-hybridized carbons (Fsp3) is 0.786. The van der Waals surface area contributed by atoms with Crippen molar-refractivity contribution < 1.29 is 9.53 Å². The largest absolute Gasteiger partial charge is 0.491 e. The highest BCUT2D eigenvalue weighted by Crippen LogP contribution is 2.28. The number of Topliss-reactive ketones (excluding diaryl/α,β-unsaturated/α-hetero) is 1. The highest BCUT2D eigenvalue weighted by molar-refractivity contribution is 5.92. The van der Waals surface area contributed by atoms with Gasteiger partial charge in [-0.2, -0.15) is 0 Å². The van der Waals surface area contributed by atoms with Crippen molar-refractivity contribution in [1.82, 2.24) is 0 Å². The first-order chi connectivity index (χ1) is 7.74. The van der Waals surface area contributed by atoms with Crippen molar-refractivity contribution in [1.29, 1.82) is 0 Å². The molecule has 0 bridgehead atoms. The minimum atomic E-state index is 0.0822. The van der Waals surface area contributed by atoms with Gasteiger partial charge in [-0.3, -0.25) is 4.79 Å². The Hall–Kier alpha value is -0.790. The first-order valence-electron chi connectivity index (χ1n) is 6.59. The predicted molar refractivity (Wildman–Crippen MR) is 68.3 cm³/mol. The van der Waals surface area contributed by atoms with Crippen LogP contribution in [0.3, 0.4) is 0 Å². The molecule has 0 aromatic heterocycles. The van der Waals surface area contributed by atoms with Gasteiger partial charge in [-0.05, 0) is 19.3 Å². The lowest BCUT2D eigenvalue weighted by atomic mass is 10.00. The molecule has 1 saturated carbocycles. The third-order valence-corrected chi connectivity index (χ3v) is 2.88. The summed E-state index contributed by atoms with van der Waals surface area (Å²) in [7, 11) is 0. The maximum absolute atomic E-state index is 11.5. The van der Waals surface area contributed by atoms with Gasteiger partial charge in [0, 0.05) is 6.42 Å². The van der Waals surface area contributed by atoms with Crippen molar-refractivity contribution in [3.05, 3.63) is 12.3 Å². The van der Waals surface area contributed by atoms with Crippen LogP contribution >= 0.6 is 0 Å². The lowest BCUT2D eigenvalue weighted by Gasteiger charge is -2.09. The Labute approximate surface area is 100 Å². The molecule has 0 atom stereocenters. The van der Waals surface area contributed by atoms with E-state index in [0.717, 1.165) is 12.3 Å². The maximum atomic E-state index is 11.5. The Kier molecular flexibility index (Phi) is 8.97. The summed E-state index contributed by atoms with van der Waals surface area (Å²) >= 11 is 0. The lowest BCUT2D eigenvalue weighted by Crippen LogP contribution is -2.07. The van der Waals surface area contributed by atoms with E-state index in [-0.39, 0.29) is 5.78 Å². The molecule has 0 aromatic rings. The van der Waals surface area contributed by atoms with E-state index < -0.39 is 0 Å². The standard InChI is InChI=1S/C12H20O2.C2H6/c1-3-14-10(2)12(13)9-8-11-6-4-5-7-11;1-2/h11H,2-9H2,1H3;1-2H3. The van der Waals surface area contributed by atoms with Gasteiger partial charge in [0.15, 0.2) is 11.5 Å². The lowest BCUT2D eigenvalue weighted by molar-refractivity contribution is -0.119. The monoisotopic (exact) mass is 226 g/mol. The third kappa shape index (κ3) is 5.94. The van der Waals surface area contributed by atoms with Crippen molar-refractivity contribution in [3.63, 3.8) is 0 Å². The number of hydrogen-bond donors (Lipinski definition) is 0. The van der Waals surface area contributed by atoms with Gasteiger partial charge in [0.1, 0.15) is 0 Å². The molecule has 1 aliphatic carbocycles. The van der Waals surface area contributed by atoms with Crippen LogP contribution in [-0.2, 0) is 9.53 Å². The van der Waals surface area contributed by atoms with Crippen LogP contribution in [0, 0.1) is 5.92 Å². The Morgan fingerprint density at radius 2 is 1.88 bits per heavy atom. The SMILES string of the molecule is C=C(OCC)C(=O)CCC1CCCC1.CC. The summed E-state index contributed by atoms with van der Waals surface area (Å²) in [6.07, 6.45) is 6.91. The molecule has 16 heavy (non-hydrogen) atoms. The molecule has 0 unspecified atom stereocenters. The summed E-state index contributed by atoms with van der Waals surface area (Å²) in [6.45, 7) is 10.0. The summed E-state index contributed by atoms with van der Waals surface area (Å²) in [6, 6.07) is 0. The Bertz CT molecular complexity index is 203. The van der Waals surface area contributed by atoms with Crippen LogP contribution in [0.1, 0.15) is 59.3 Å². The summed E-state index contributed by atoms with van der Waals surface area (Å²) in [5.41, 5.74) is 0. The van der Waals surface area contributed by atoms with E-state index in [9.17, 15) is 4.79 Å². The van der Waals surface area contributed by atoms with E-state index in [4.69, 9.17) is 4.74 Å². The van der Waals surface area contributed by atoms with Crippen LogP contribution in [0.5, 0.6) is 0 Å². The predicted octanol–water partition coefficient (Wildman–Crippen LogP) is 4.10. The molecule has 1 fully saturated rings. The van der Waals surface area contributed by atoms with Crippen LogP contribution in [-0.4, -0.2) is 12.4 Å². The molecule has 2 heteroatoms. The van der Waals surface area contributed by atoms with Crippen molar-refractivity contribution >= 4 is 5.78 Å². The van der Waals surface area contributed by atoms with Crippen molar-refractivity contribution in [2.75, 3.05) is 6.61 Å². The zero-order valence-electron chi connectivity index (χ0n) is 11.1. The van der Waals surface area contributed by atoms with E-state index in [1.54, 1.807) is 0 Å². The first kappa shape index (κ1) is 15.2. The number of carbonyl (C=O) groups is 1. The number of allylic oxidation sites excluding steroid dienone is 1. The topological polar surface area (TPSA) is 26.3 Å². The number of carbonyl (C=O) groups excluding carboxylic acids is 1. The molecule has 0 aliphatic heterocycles. The first-order valence-corrected chi connectivity index (χ1v) is 6.59. The quantitative estimate of drug-likeness (QED) is 0.503. The van der Waals surface area contributed by atoms with Crippen LogP contribution in [0.15, 0.2) is 12.3 Å². The fourth-order valence-electron chi connectivity index (χ4n) is 2.03. The Morgan fingerprint density at radius 3 is 2.38 bits per heavy atom. The molecule has 0 aromatic carbocycles. The van der Waals surface area contributed by atoms with Crippen LogP contribution in [0.4, 0.5) is 0 Å². The summed E-state index contributed by atoms with van der Waals surface area (Å²) in [5, 5.41) is 0. The van der Waals surface area contributed by atoms with Gasteiger partial charge in [0.2, 0.25) is 0 Å². The number of hydrogen-bond acceptors (Lipinski definition) is 2. The molecule has 0 spiro atoms. The van der Waals surface area contributed by atoms with Crippen molar-refractivity contribution in [2.45, 2.75) is 59.3 Å². The summed E-state index contributed by atoms with van der Waals surface area (Å²) in [5.74, 6) is 1.19. The average Bonchev–Trinajstić information content (AvgIpc) is 2.82. The summed E-state index contributed by atoms with van der Waals surface area (Å²) in [4.78, 5) is 11.5. The number of ether oxygens (including phenoxy) is 1. The van der Waals surface area contributed by atoms with Gasteiger partial charge in [-0.25, -0.2) is 0 Å². The smallest absolute Gasteiger partial charge is 0.196 e. The second-order valence-corrected chi connectivity index (χ2v) is 3.97. The second kappa shape index (κ2) is 9.44. The van der Waals surface area contributed by atoms with Crippen molar-refractivity contribution in [3.8, 4) is 0 Å². The van der Waals surface area contributed by atoms with Gasteiger partial charge in [-0.15, -0.1) is 0 Å². The van der Waals surface area contributed by atoms with E-state index >= 15 is 0 Å². The van der Waals surface area contributed by atoms with Gasteiger partial charge in [0.25, 0.3) is 0 Å². The van der Waals surface area contributed by atoms with E-state index in [2.05, 4.69) is 6.58 Å². The number of rotatable bonds is 6. The summed E-state index contributed by atoms with van der Waals surface area (Å²) < 4.78 is 5.07. The average molecular weight is 226 g/mol. The van der Waals surface area contributed by atoms with Crippen LogP contribution < -0.4 is 0 Å². The zero-order valence-corrected chi connectivity index (χ0v) is 11.1. The van der Waals surface area contributed by atoms with Gasteiger partial charge < -0.3 is 4.74 Å². The maximum Gasteiger partial charge on any atom is 0.196 e. The fourth-order valence-corrected chi connectivity index (χ4v) is 2.03.